The molecule has 0 saturated carbocycles. The summed E-state index contributed by atoms with van der Waals surface area (Å²) in [5, 5.41) is 14.8. The zero-order chi connectivity index (χ0) is 28.4. The van der Waals surface area contributed by atoms with Crippen LogP contribution in [-0.4, -0.2) is 46.0 Å². The van der Waals surface area contributed by atoms with E-state index in [1.807, 2.05) is 0 Å². The lowest BCUT2D eigenvalue weighted by molar-refractivity contribution is -0.118. The number of H-pyrrole nitrogens is 1. The van der Waals surface area contributed by atoms with E-state index < -0.39 is 58.7 Å². The molecule has 0 spiro atoms. The summed E-state index contributed by atoms with van der Waals surface area (Å²) in [6, 6.07) is 4.94. The molecule has 0 aliphatic carbocycles. The van der Waals surface area contributed by atoms with Crippen LogP contribution in [0.3, 0.4) is 0 Å². The van der Waals surface area contributed by atoms with Gasteiger partial charge in [-0.3, -0.25) is 9.59 Å². The number of ketones is 1. The molecule has 7 nitrogen and oxygen atoms in total. The van der Waals surface area contributed by atoms with E-state index in [2.05, 4.69) is 27.2 Å². The quantitative estimate of drug-likeness (QED) is 0.271. The lowest BCUT2D eigenvalue weighted by Crippen LogP contribution is -2.35. The molecule has 1 aliphatic rings. The van der Waals surface area contributed by atoms with E-state index in [9.17, 15) is 14.7 Å². The number of amides is 1. The second-order valence-corrected chi connectivity index (χ2v) is 9.35. The number of aromatic amines is 1. The number of benzene rings is 2. The molecule has 3 aromatic rings. The molecular weight excluding hydrogens is 516 g/mol. The predicted octanol–water partition coefficient (Wildman–Crippen LogP) is 3.08. The average molecular weight is 543 g/mol. The Morgan fingerprint density at radius 3 is 2.38 bits per heavy atom. The van der Waals surface area contributed by atoms with Gasteiger partial charge in [0.25, 0.3) is 0 Å². The SMILES string of the molecule is C=c1[nH]c(-c2c(F)c(F)c(-c3cccc(NC(=O)[C@@H]4CCCN4)c3)c(F)c2F)n/c1=C(/C=C(C)C)C(=O)CO. The van der Waals surface area contributed by atoms with Crippen LogP contribution in [-0.2, 0) is 9.59 Å². The number of Topliss-reactive ketones (excluding diaryl/α,β-unsaturated/α-hetero) is 1. The molecule has 0 bridgehead atoms. The fourth-order valence-electron chi connectivity index (χ4n) is 4.39. The van der Waals surface area contributed by atoms with E-state index >= 15 is 17.6 Å². The first kappa shape index (κ1) is 27.9. The van der Waals surface area contributed by atoms with Crippen LogP contribution in [0.2, 0.25) is 0 Å². The Kier molecular flexibility index (Phi) is 8.12. The van der Waals surface area contributed by atoms with E-state index in [4.69, 9.17) is 0 Å². The summed E-state index contributed by atoms with van der Waals surface area (Å²) in [6.45, 7) is 6.85. The number of carbonyl (C=O) groups is 2. The van der Waals surface area contributed by atoms with Crippen molar-refractivity contribution in [2.24, 2.45) is 0 Å². The summed E-state index contributed by atoms with van der Waals surface area (Å²) in [6.07, 6.45) is 2.87. The number of halogens is 4. The zero-order valence-corrected chi connectivity index (χ0v) is 21.2. The van der Waals surface area contributed by atoms with Crippen molar-refractivity contribution in [2.75, 3.05) is 18.5 Å². The second-order valence-electron chi connectivity index (χ2n) is 9.35. The van der Waals surface area contributed by atoms with Crippen molar-refractivity contribution >= 4 is 29.5 Å². The smallest absolute Gasteiger partial charge is 0.241 e. The number of aliphatic hydroxyl groups is 1. The van der Waals surface area contributed by atoms with E-state index in [1.165, 1.54) is 30.3 Å². The number of anilines is 1. The molecule has 1 aliphatic heterocycles. The number of hydrogen-bond acceptors (Lipinski definition) is 5. The van der Waals surface area contributed by atoms with Gasteiger partial charge in [-0.05, 0) is 50.9 Å². The van der Waals surface area contributed by atoms with Crippen molar-refractivity contribution in [2.45, 2.75) is 32.7 Å². The molecule has 2 aromatic carbocycles. The maximum Gasteiger partial charge on any atom is 0.241 e. The second kappa shape index (κ2) is 11.3. The maximum atomic E-state index is 15.3. The number of hydrogen-bond donors (Lipinski definition) is 4. The fourth-order valence-corrected chi connectivity index (χ4v) is 4.39. The van der Waals surface area contributed by atoms with Gasteiger partial charge in [0.2, 0.25) is 5.91 Å². The molecule has 1 aromatic heterocycles. The van der Waals surface area contributed by atoms with Crippen LogP contribution in [0.5, 0.6) is 0 Å². The van der Waals surface area contributed by atoms with Gasteiger partial charge in [0.05, 0.1) is 27.9 Å². The molecule has 4 rings (SSSR count). The van der Waals surface area contributed by atoms with Crippen molar-refractivity contribution in [3.63, 3.8) is 0 Å². The first-order chi connectivity index (χ1) is 18.5. The topological polar surface area (TPSA) is 107 Å². The van der Waals surface area contributed by atoms with Gasteiger partial charge in [-0.25, -0.2) is 22.5 Å². The lowest BCUT2D eigenvalue weighted by Gasteiger charge is -2.14. The highest BCUT2D eigenvalue weighted by molar-refractivity contribution is 6.18. The fraction of sp³-hybridized carbons (Fsp3) is 0.250. The molecule has 0 radical (unpaired) electrons. The highest BCUT2D eigenvalue weighted by atomic mass is 19.2. The number of nitrogens with zero attached hydrogens (tertiary/aromatic N) is 1. The van der Waals surface area contributed by atoms with Crippen LogP contribution < -0.4 is 21.3 Å². The highest BCUT2D eigenvalue weighted by Crippen LogP contribution is 2.36. The monoisotopic (exact) mass is 542 g/mol. The first-order valence-electron chi connectivity index (χ1n) is 12.1. The molecular formula is C28H26F4N4O3. The minimum Gasteiger partial charge on any atom is -0.388 e. The Morgan fingerprint density at radius 1 is 1.13 bits per heavy atom. The third-order valence-electron chi connectivity index (χ3n) is 6.21. The minimum atomic E-state index is -1.72. The molecule has 1 fully saturated rings. The largest absolute Gasteiger partial charge is 0.388 e. The van der Waals surface area contributed by atoms with Gasteiger partial charge in [0.1, 0.15) is 12.4 Å². The molecule has 1 atom stereocenters. The Bertz CT molecular complexity index is 1570. The number of carbonyl (C=O) groups excluding carboxylic acids is 2. The number of rotatable bonds is 7. The van der Waals surface area contributed by atoms with Gasteiger partial charge >= 0.3 is 0 Å². The first-order valence-corrected chi connectivity index (χ1v) is 12.1. The summed E-state index contributed by atoms with van der Waals surface area (Å²) in [7, 11) is 0. The van der Waals surface area contributed by atoms with Gasteiger partial charge in [-0.1, -0.05) is 30.4 Å². The third-order valence-corrected chi connectivity index (χ3v) is 6.21. The summed E-state index contributed by atoms with van der Waals surface area (Å²) < 4.78 is 61.2. The standard InChI is InChI=1S/C28H26F4N4O3/c1-13(2)10-17(19(38)12-37)26-14(3)34-27(36-26)21-24(31)22(29)20(23(30)25(21)32)15-6-4-7-16(11-15)35-28(39)18-8-5-9-33-18/h4,6-7,10-11,18,33,37H,3,5,8-9,12H2,1-2H3,(H,34,36)(H,35,39)/b26-17-/t18-/m0/s1. The van der Waals surface area contributed by atoms with Crippen LogP contribution in [0.15, 0.2) is 35.9 Å². The number of aliphatic hydroxyl groups excluding tert-OH is 1. The van der Waals surface area contributed by atoms with E-state index in [0.717, 1.165) is 6.42 Å². The van der Waals surface area contributed by atoms with Crippen molar-refractivity contribution in [3.8, 4) is 22.5 Å². The molecule has 1 saturated heterocycles. The van der Waals surface area contributed by atoms with Crippen LogP contribution in [0.1, 0.15) is 26.7 Å². The van der Waals surface area contributed by atoms with Crippen LogP contribution in [0.25, 0.3) is 34.7 Å². The third kappa shape index (κ3) is 5.55. The van der Waals surface area contributed by atoms with Gasteiger partial charge in [0, 0.05) is 11.3 Å². The number of nitrogens with one attached hydrogen (secondary N) is 3. The Hall–Kier alpha value is -4.09. The van der Waals surface area contributed by atoms with Crippen LogP contribution >= 0.6 is 0 Å². The number of aromatic nitrogens is 2. The van der Waals surface area contributed by atoms with E-state index in [-0.39, 0.29) is 33.4 Å². The Balaban J connectivity index is 1.81. The molecule has 204 valence electrons. The van der Waals surface area contributed by atoms with Gasteiger partial charge < -0.3 is 20.7 Å². The molecule has 0 unspecified atom stereocenters. The van der Waals surface area contributed by atoms with Crippen molar-refractivity contribution in [1.29, 1.82) is 0 Å². The van der Waals surface area contributed by atoms with E-state index in [0.29, 0.717) is 18.5 Å². The molecule has 4 N–H and O–H groups in total. The minimum absolute atomic E-state index is 0.0526. The zero-order valence-electron chi connectivity index (χ0n) is 21.2. The Morgan fingerprint density at radius 2 is 1.79 bits per heavy atom. The molecule has 2 heterocycles. The average Bonchev–Trinajstić information content (AvgIpc) is 3.56. The molecule has 1 amide bonds. The summed E-state index contributed by atoms with van der Waals surface area (Å²) in [5.74, 6) is -8.44. The maximum absolute atomic E-state index is 15.3. The van der Waals surface area contributed by atoms with Gasteiger partial charge in [0.15, 0.2) is 29.1 Å². The number of imidazole rings is 1. The highest BCUT2D eigenvalue weighted by Gasteiger charge is 2.29. The summed E-state index contributed by atoms with van der Waals surface area (Å²) >= 11 is 0. The van der Waals surface area contributed by atoms with Crippen molar-refractivity contribution in [1.82, 2.24) is 15.3 Å². The normalized spacial score (nSPS) is 15.7. The van der Waals surface area contributed by atoms with E-state index in [1.54, 1.807) is 13.8 Å². The molecule has 11 heteroatoms. The van der Waals surface area contributed by atoms with Crippen LogP contribution in [0.4, 0.5) is 23.2 Å². The van der Waals surface area contributed by atoms with Gasteiger partial charge in [-0.15, -0.1) is 0 Å². The van der Waals surface area contributed by atoms with Crippen LogP contribution in [0, 0.1) is 23.3 Å². The van der Waals surface area contributed by atoms with Crippen molar-refractivity contribution < 1.29 is 32.3 Å². The summed E-state index contributed by atoms with van der Waals surface area (Å²) in [5.41, 5.74) is -1.50. The predicted molar refractivity (Wildman–Crippen MR) is 139 cm³/mol. The summed E-state index contributed by atoms with van der Waals surface area (Å²) in [4.78, 5) is 31.1. The molecule has 39 heavy (non-hydrogen) atoms. The number of allylic oxidation sites excluding steroid dienone is 2. The van der Waals surface area contributed by atoms with Gasteiger partial charge in [-0.2, -0.15) is 0 Å². The lowest BCUT2D eigenvalue weighted by atomic mass is 10.00. The Labute approximate surface area is 221 Å². The van der Waals surface area contributed by atoms with Crippen molar-refractivity contribution in [3.05, 3.63) is 69.9 Å².